The minimum Gasteiger partial charge on any atom is -0.460 e. The van der Waals surface area contributed by atoms with Crippen molar-refractivity contribution in [2.24, 2.45) is 0 Å². The zero-order valence-electron chi connectivity index (χ0n) is 18.2. The number of hydrogen-bond donors (Lipinski definition) is 3. The first kappa shape index (κ1) is 22.7. The third-order valence-electron chi connectivity index (χ3n) is 4.70. The second-order valence-corrected chi connectivity index (χ2v) is 8.52. The molecule has 1 aliphatic rings. The van der Waals surface area contributed by atoms with Crippen molar-refractivity contribution < 1.29 is 19.1 Å². The van der Waals surface area contributed by atoms with E-state index in [0.29, 0.717) is 5.82 Å². The lowest BCUT2D eigenvalue weighted by atomic mass is 10.1. The fraction of sp³-hybridized carbons (Fsp3) is 0.348. The topological polar surface area (TPSA) is 133 Å². The van der Waals surface area contributed by atoms with Gasteiger partial charge in [0.1, 0.15) is 23.9 Å². The second kappa shape index (κ2) is 9.47. The Labute approximate surface area is 186 Å². The van der Waals surface area contributed by atoms with Crippen LogP contribution in [0.2, 0.25) is 0 Å². The highest BCUT2D eigenvalue weighted by atomic mass is 16.6. The van der Waals surface area contributed by atoms with Crippen molar-refractivity contribution in [3.63, 3.8) is 0 Å². The van der Waals surface area contributed by atoms with Gasteiger partial charge in [-0.05, 0) is 50.8 Å². The van der Waals surface area contributed by atoms with Gasteiger partial charge in [0.15, 0.2) is 0 Å². The van der Waals surface area contributed by atoms with Gasteiger partial charge < -0.3 is 10.1 Å². The van der Waals surface area contributed by atoms with Gasteiger partial charge in [-0.2, -0.15) is 5.26 Å². The Morgan fingerprint density at radius 2 is 1.81 bits per heavy atom. The standard InChI is InChI=1S/C23H25N5O4/c1-23(2,3)32-20(30)11-19(29)27-28-22(31)17-8-16(12-24)21(25-13-17)26-18-9-14-6-4-5-7-15(14)10-18/h4-8,13,18H,9-11H2,1-3H3,(H,25,26)(H,27,29)(H,28,31). The van der Waals surface area contributed by atoms with Gasteiger partial charge in [-0.1, -0.05) is 24.3 Å². The van der Waals surface area contributed by atoms with Crippen molar-refractivity contribution in [2.75, 3.05) is 5.32 Å². The molecule has 166 valence electrons. The number of rotatable bonds is 5. The van der Waals surface area contributed by atoms with Crippen molar-refractivity contribution in [1.82, 2.24) is 15.8 Å². The zero-order chi connectivity index (χ0) is 23.3. The maximum absolute atomic E-state index is 12.3. The molecule has 0 bridgehead atoms. The summed E-state index contributed by atoms with van der Waals surface area (Å²) in [6, 6.07) is 11.7. The average Bonchev–Trinajstić information content (AvgIpc) is 3.13. The lowest BCUT2D eigenvalue weighted by Gasteiger charge is -2.19. The van der Waals surface area contributed by atoms with Crippen molar-refractivity contribution in [3.8, 4) is 6.07 Å². The van der Waals surface area contributed by atoms with Crippen LogP contribution < -0.4 is 16.2 Å². The SMILES string of the molecule is CC(C)(C)OC(=O)CC(=O)NNC(=O)c1cnc(NC2Cc3ccccc3C2)c(C#N)c1. The molecule has 3 N–H and O–H groups in total. The normalized spacial score (nSPS) is 12.9. The van der Waals surface area contributed by atoms with Gasteiger partial charge in [-0.25, -0.2) is 4.98 Å². The van der Waals surface area contributed by atoms with Crippen molar-refractivity contribution >= 4 is 23.6 Å². The van der Waals surface area contributed by atoms with E-state index in [1.54, 1.807) is 20.8 Å². The van der Waals surface area contributed by atoms with Crippen LogP contribution in [0.5, 0.6) is 0 Å². The number of carbonyl (C=O) groups is 3. The summed E-state index contributed by atoms with van der Waals surface area (Å²) >= 11 is 0. The molecule has 1 aliphatic carbocycles. The lowest BCUT2D eigenvalue weighted by molar-refractivity contribution is -0.156. The Morgan fingerprint density at radius 1 is 1.16 bits per heavy atom. The van der Waals surface area contributed by atoms with Crippen LogP contribution in [-0.2, 0) is 27.2 Å². The molecule has 1 aromatic carbocycles. The van der Waals surface area contributed by atoms with Gasteiger partial charge in [0, 0.05) is 12.2 Å². The van der Waals surface area contributed by atoms with E-state index >= 15 is 0 Å². The number of hydrogen-bond acceptors (Lipinski definition) is 7. The maximum Gasteiger partial charge on any atom is 0.315 e. The molecule has 0 fully saturated rings. The number of carbonyl (C=O) groups excluding carboxylic acids is 3. The molecule has 0 aliphatic heterocycles. The monoisotopic (exact) mass is 435 g/mol. The van der Waals surface area contributed by atoms with Crippen LogP contribution in [0.1, 0.15) is 54.2 Å². The van der Waals surface area contributed by atoms with Crippen LogP contribution in [0.3, 0.4) is 0 Å². The van der Waals surface area contributed by atoms with Gasteiger partial charge >= 0.3 is 5.97 Å². The lowest BCUT2D eigenvalue weighted by Crippen LogP contribution is -2.43. The summed E-state index contributed by atoms with van der Waals surface area (Å²) in [6.07, 6.45) is 2.44. The molecule has 9 heteroatoms. The van der Waals surface area contributed by atoms with Gasteiger partial charge in [0.2, 0.25) is 5.91 Å². The Hall–Kier alpha value is -3.93. The van der Waals surface area contributed by atoms with E-state index in [-0.39, 0.29) is 17.2 Å². The van der Waals surface area contributed by atoms with E-state index in [1.807, 2.05) is 18.2 Å². The molecule has 3 rings (SSSR count). The molecule has 1 aromatic heterocycles. The zero-order valence-corrected chi connectivity index (χ0v) is 18.2. The highest BCUT2D eigenvalue weighted by Gasteiger charge is 2.23. The van der Waals surface area contributed by atoms with Crippen LogP contribution in [0.4, 0.5) is 5.82 Å². The highest BCUT2D eigenvalue weighted by Crippen LogP contribution is 2.25. The van der Waals surface area contributed by atoms with Crippen LogP contribution in [0, 0.1) is 11.3 Å². The van der Waals surface area contributed by atoms with Crippen LogP contribution in [0.25, 0.3) is 0 Å². The van der Waals surface area contributed by atoms with Crippen LogP contribution >= 0.6 is 0 Å². The fourth-order valence-corrected chi connectivity index (χ4v) is 3.39. The molecule has 0 atom stereocenters. The number of pyridine rings is 1. The average molecular weight is 435 g/mol. The second-order valence-electron chi connectivity index (χ2n) is 8.52. The minimum absolute atomic E-state index is 0.0966. The van der Waals surface area contributed by atoms with Gasteiger partial charge in [-0.3, -0.25) is 25.2 Å². The minimum atomic E-state index is -0.722. The number of benzene rings is 1. The number of nitriles is 1. The molecule has 0 spiro atoms. The summed E-state index contributed by atoms with van der Waals surface area (Å²) in [7, 11) is 0. The van der Waals surface area contributed by atoms with Crippen molar-refractivity contribution in [2.45, 2.75) is 51.7 Å². The number of nitrogens with zero attached hydrogens (tertiary/aromatic N) is 2. The number of esters is 1. The predicted octanol–water partition coefficient (Wildman–Crippen LogP) is 2.03. The largest absolute Gasteiger partial charge is 0.460 e. The molecule has 1 heterocycles. The molecule has 0 radical (unpaired) electrons. The van der Waals surface area contributed by atoms with E-state index < -0.39 is 29.8 Å². The summed E-state index contributed by atoms with van der Waals surface area (Å²) < 4.78 is 5.05. The molecule has 32 heavy (non-hydrogen) atoms. The number of fused-ring (bicyclic) bond motifs is 1. The van der Waals surface area contributed by atoms with E-state index in [0.717, 1.165) is 12.8 Å². The Balaban J connectivity index is 1.56. The van der Waals surface area contributed by atoms with Crippen molar-refractivity contribution in [1.29, 1.82) is 5.26 Å². The predicted molar refractivity (Wildman–Crippen MR) is 116 cm³/mol. The Kier molecular flexibility index (Phi) is 6.73. The van der Waals surface area contributed by atoms with Crippen LogP contribution in [0.15, 0.2) is 36.5 Å². The van der Waals surface area contributed by atoms with E-state index in [2.05, 4.69) is 33.3 Å². The van der Waals surface area contributed by atoms with Crippen LogP contribution in [-0.4, -0.2) is 34.4 Å². The van der Waals surface area contributed by atoms with Gasteiger partial charge in [-0.15, -0.1) is 0 Å². The quantitative estimate of drug-likeness (QED) is 0.372. The first-order chi connectivity index (χ1) is 15.1. The van der Waals surface area contributed by atoms with Gasteiger partial charge in [0.25, 0.3) is 5.91 Å². The number of nitrogens with one attached hydrogen (secondary N) is 3. The molecule has 2 aromatic rings. The molecule has 0 saturated carbocycles. The summed E-state index contributed by atoms with van der Waals surface area (Å²) in [4.78, 5) is 40.1. The maximum atomic E-state index is 12.3. The molecule has 9 nitrogen and oxygen atoms in total. The molecule has 0 saturated heterocycles. The number of anilines is 1. The Bertz CT molecular complexity index is 1060. The van der Waals surface area contributed by atoms with Gasteiger partial charge in [0.05, 0.1) is 11.1 Å². The summed E-state index contributed by atoms with van der Waals surface area (Å²) in [5.41, 5.74) is 6.49. The first-order valence-electron chi connectivity index (χ1n) is 10.2. The fourth-order valence-electron chi connectivity index (χ4n) is 3.39. The summed E-state index contributed by atoms with van der Waals surface area (Å²) in [5.74, 6) is -1.69. The molecule has 2 amide bonds. The number of ether oxygens (including phenoxy) is 1. The summed E-state index contributed by atoms with van der Waals surface area (Å²) in [5, 5.41) is 12.8. The van der Waals surface area contributed by atoms with Crippen molar-refractivity contribution in [3.05, 3.63) is 58.8 Å². The number of hydrazine groups is 1. The number of aromatic nitrogens is 1. The smallest absolute Gasteiger partial charge is 0.315 e. The number of amides is 2. The van der Waals surface area contributed by atoms with E-state index in [9.17, 15) is 19.6 Å². The van der Waals surface area contributed by atoms with E-state index in [4.69, 9.17) is 4.74 Å². The highest BCUT2D eigenvalue weighted by molar-refractivity contribution is 5.98. The molecule has 0 unspecified atom stereocenters. The molecular formula is C23H25N5O4. The molecular weight excluding hydrogens is 410 g/mol. The third kappa shape index (κ3) is 6.04. The van der Waals surface area contributed by atoms with E-state index in [1.165, 1.54) is 23.4 Å². The summed E-state index contributed by atoms with van der Waals surface area (Å²) in [6.45, 7) is 5.07. The Morgan fingerprint density at radius 3 is 2.41 bits per heavy atom. The third-order valence-corrected chi connectivity index (χ3v) is 4.70. The first-order valence-corrected chi connectivity index (χ1v) is 10.2.